The summed E-state index contributed by atoms with van der Waals surface area (Å²) in [5.41, 5.74) is 2.18. The van der Waals surface area contributed by atoms with Crippen LogP contribution in [0, 0.1) is 6.92 Å². The molecule has 1 atom stereocenters. The van der Waals surface area contributed by atoms with Crippen molar-refractivity contribution in [1.82, 2.24) is 19.8 Å². The van der Waals surface area contributed by atoms with Crippen LogP contribution in [0.2, 0.25) is 0 Å². The van der Waals surface area contributed by atoms with Gasteiger partial charge in [0.1, 0.15) is 6.04 Å². The Kier molecular flexibility index (Phi) is 6.24. The lowest BCUT2D eigenvalue weighted by atomic mass is 10.0. The molecule has 0 radical (unpaired) electrons. The number of likely N-dealkylation sites (N-methyl/N-ethyl adjacent to an activating group) is 1. The zero-order valence-corrected chi connectivity index (χ0v) is 14.9. The minimum absolute atomic E-state index is 0.0287. The fraction of sp³-hybridized carbons (Fsp3) is 0.412. The maximum atomic E-state index is 12.5. The summed E-state index contributed by atoms with van der Waals surface area (Å²) in [6, 6.07) is 7.82. The van der Waals surface area contributed by atoms with Crippen LogP contribution in [0.4, 0.5) is 0 Å². The Morgan fingerprint density at radius 3 is 2.83 bits per heavy atom. The standard InChI is InChI=1S/C17H24N4OS/c1-13-6-5-7-14(12-13)15(20(2)3)16(22)18-9-11-23-17-19-8-10-21(17)4/h5-8,10,12,15H,9,11H2,1-4H3,(H,18,22)/t15-/m1/s1. The number of carbonyl (C=O) groups is 1. The summed E-state index contributed by atoms with van der Waals surface area (Å²) < 4.78 is 1.97. The number of imidazole rings is 1. The third-order valence-electron chi connectivity index (χ3n) is 3.53. The highest BCUT2D eigenvalue weighted by Crippen LogP contribution is 2.19. The molecular formula is C17H24N4OS. The first-order valence-electron chi connectivity index (χ1n) is 7.60. The van der Waals surface area contributed by atoms with Crippen LogP contribution < -0.4 is 5.32 Å². The molecule has 0 bridgehead atoms. The van der Waals surface area contributed by atoms with Gasteiger partial charge < -0.3 is 9.88 Å². The van der Waals surface area contributed by atoms with Gasteiger partial charge in [-0.05, 0) is 26.6 Å². The molecule has 6 heteroatoms. The SMILES string of the molecule is Cc1cccc([C@H](C(=O)NCCSc2nccn2C)N(C)C)c1. The Bertz CT molecular complexity index is 654. The summed E-state index contributed by atoms with van der Waals surface area (Å²) >= 11 is 1.64. The number of hydrogen-bond acceptors (Lipinski definition) is 4. The predicted molar refractivity (Wildman–Crippen MR) is 94.5 cm³/mol. The summed E-state index contributed by atoms with van der Waals surface area (Å²) in [5.74, 6) is 0.825. The maximum absolute atomic E-state index is 12.5. The van der Waals surface area contributed by atoms with Crippen molar-refractivity contribution in [2.45, 2.75) is 18.1 Å². The molecule has 0 aliphatic carbocycles. The summed E-state index contributed by atoms with van der Waals surface area (Å²) in [6.45, 7) is 2.66. The molecule has 1 aromatic carbocycles. The number of benzene rings is 1. The molecule has 2 aromatic rings. The van der Waals surface area contributed by atoms with Crippen molar-refractivity contribution in [3.05, 3.63) is 47.8 Å². The second kappa shape index (κ2) is 8.17. The third-order valence-corrected chi connectivity index (χ3v) is 4.59. The Morgan fingerprint density at radius 2 is 2.22 bits per heavy atom. The number of amides is 1. The van der Waals surface area contributed by atoms with Gasteiger partial charge in [0.2, 0.25) is 5.91 Å². The van der Waals surface area contributed by atoms with E-state index >= 15 is 0 Å². The van der Waals surface area contributed by atoms with Crippen molar-refractivity contribution in [3.8, 4) is 0 Å². The van der Waals surface area contributed by atoms with Crippen LogP contribution in [0.1, 0.15) is 17.2 Å². The number of aryl methyl sites for hydroxylation is 2. The van der Waals surface area contributed by atoms with Crippen LogP contribution in [0.25, 0.3) is 0 Å². The smallest absolute Gasteiger partial charge is 0.241 e. The van der Waals surface area contributed by atoms with Gasteiger partial charge in [-0.2, -0.15) is 0 Å². The molecule has 1 aromatic heterocycles. The van der Waals surface area contributed by atoms with Crippen LogP contribution in [0.5, 0.6) is 0 Å². The van der Waals surface area contributed by atoms with Crippen LogP contribution >= 0.6 is 11.8 Å². The van der Waals surface area contributed by atoms with Crippen molar-refractivity contribution in [2.75, 3.05) is 26.4 Å². The highest BCUT2D eigenvalue weighted by Gasteiger charge is 2.22. The molecule has 1 amide bonds. The monoisotopic (exact) mass is 332 g/mol. The lowest BCUT2D eigenvalue weighted by Crippen LogP contribution is -2.38. The quantitative estimate of drug-likeness (QED) is 0.624. The lowest BCUT2D eigenvalue weighted by molar-refractivity contribution is -0.125. The predicted octanol–water partition coefficient (Wildman–Crippen LogP) is 2.24. The molecule has 0 saturated carbocycles. The average Bonchev–Trinajstić information content (AvgIpc) is 2.89. The third kappa shape index (κ3) is 4.84. The Morgan fingerprint density at radius 1 is 1.43 bits per heavy atom. The van der Waals surface area contributed by atoms with E-state index in [1.807, 2.05) is 61.9 Å². The molecule has 2 rings (SSSR count). The van der Waals surface area contributed by atoms with Crippen molar-refractivity contribution in [1.29, 1.82) is 0 Å². The van der Waals surface area contributed by atoms with Crippen molar-refractivity contribution in [3.63, 3.8) is 0 Å². The van der Waals surface area contributed by atoms with Gasteiger partial charge in [0, 0.05) is 31.7 Å². The van der Waals surface area contributed by atoms with Gasteiger partial charge in [-0.15, -0.1) is 0 Å². The van der Waals surface area contributed by atoms with E-state index in [0.29, 0.717) is 6.54 Å². The van der Waals surface area contributed by atoms with Crippen LogP contribution in [-0.4, -0.2) is 46.8 Å². The average molecular weight is 332 g/mol. The van der Waals surface area contributed by atoms with Gasteiger partial charge in [0.25, 0.3) is 0 Å². The molecule has 0 spiro atoms. The summed E-state index contributed by atoms with van der Waals surface area (Å²) in [5, 5.41) is 3.99. The van der Waals surface area contributed by atoms with Gasteiger partial charge in [-0.25, -0.2) is 4.98 Å². The number of rotatable bonds is 7. The number of aromatic nitrogens is 2. The molecule has 5 nitrogen and oxygen atoms in total. The molecule has 0 aliphatic rings. The van der Waals surface area contributed by atoms with E-state index < -0.39 is 0 Å². The summed E-state index contributed by atoms with van der Waals surface area (Å²) in [4.78, 5) is 18.7. The Labute approximate surface area is 142 Å². The first-order valence-corrected chi connectivity index (χ1v) is 8.58. The normalized spacial score (nSPS) is 12.4. The number of carbonyl (C=O) groups excluding carboxylic acids is 1. The molecule has 0 saturated heterocycles. The Hall–Kier alpha value is -1.79. The maximum Gasteiger partial charge on any atom is 0.241 e. The summed E-state index contributed by atoms with van der Waals surface area (Å²) in [6.07, 6.45) is 3.70. The first kappa shape index (κ1) is 17.6. The largest absolute Gasteiger partial charge is 0.354 e. The first-order chi connectivity index (χ1) is 11.0. The van der Waals surface area contributed by atoms with Crippen LogP contribution in [0.3, 0.4) is 0 Å². The highest BCUT2D eigenvalue weighted by molar-refractivity contribution is 7.99. The van der Waals surface area contributed by atoms with Gasteiger partial charge in [0.15, 0.2) is 5.16 Å². The van der Waals surface area contributed by atoms with Gasteiger partial charge in [-0.1, -0.05) is 41.6 Å². The molecular weight excluding hydrogens is 308 g/mol. The van der Waals surface area contributed by atoms with Crippen molar-refractivity contribution < 1.29 is 4.79 Å². The van der Waals surface area contributed by atoms with Crippen molar-refractivity contribution >= 4 is 17.7 Å². The fourth-order valence-electron chi connectivity index (χ4n) is 2.43. The molecule has 0 fully saturated rings. The van der Waals surface area contributed by atoms with Gasteiger partial charge in [-0.3, -0.25) is 9.69 Å². The van der Waals surface area contributed by atoms with E-state index in [4.69, 9.17) is 0 Å². The molecule has 1 N–H and O–H groups in total. The molecule has 23 heavy (non-hydrogen) atoms. The lowest BCUT2D eigenvalue weighted by Gasteiger charge is -2.24. The minimum atomic E-state index is -0.270. The van der Waals surface area contributed by atoms with Crippen LogP contribution in [-0.2, 0) is 11.8 Å². The minimum Gasteiger partial charge on any atom is -0.354 e. The summed E-state index contributed by atoms with van der Waals surface area (Å²) in [7, 11) is 5.82. The molecule has 124 valence electrons. The zero-order chi connectivity index (χ0) is 16.8. The zero-order valence-electron chi connectivity index (χ0n) is 14.1. The van der Waals surface area contributed by atoms with E-state index in [9.17, 15) is 4.79 Å². The van der Waals surface area contributed by atoms with E-state index in [-0.39, 0.29) is 11.9 Å². The van der Waals surface area contributed by atoms with E-state index in [2.05, 4.69) is 16.4 Å². The molecule has 0 unspecified atom stereocenters. The van der Waals surface area contributed by atoms with E-state index in [1.54, 1.807) is 18.0 Å². The number of thioether (sulfide) groups is 1. The van der Waals surface area contributed by atoms with Gasteiger partial charge >= 0.3 is 0 Å². The second-order valence-electron chi connectivity index (χ2n) is 5.74. The van der Waals surface area contributed by atoms with Crippen LogP contribution in [0.15, 0.2) is 41.8 Å². The fourth-order valence-corrected chi connectivity index (χ4v) is 3.22. The topological polar surface area (TPSA) is 50.2 Å². The number of nitrogens with one attached hydrogen (secondary N) is 1. The second-order valence-corrected chi connectivity index (χ2v) is 6.80. The van der Waals surface area contributed by atoms with Gasteiger partial charge in [0.05, 0.1) is 0 Å². The number of hydrogen-bond donors (Lipinski definition) is 1. The Balaban J connectivity index is 1.90. The number of nitrogens with zero attached hydrogens (tertiary/aromatic N) is 3. The van der Waals surface area contributed by atoms with E-state index in [1.165, 1.54) is 0 Å². The van der Waals surface area contributed by atoms with Crippen molar-refractivity contribution in [2.24, 2.45) is 7.05 Å². The molecule has 1 heterocycles. The van der Waals surface area contributed by atoms with E-state index in [0.717, 1.165) is 22.0 Å². The molecule has 0 aliphatic heterocycles. The highest BCUT2D eigenvalue weighted by atomic mass is 32.2.